The smallest absolute Gasteiger partial charge is 0.241 e. The van der Waals surface area contributed by atoms with Gasteiger partial charge in [0, 0.05) is 12.2 Å². The van der Waals surface area contributed by atoms with Gasteiger partial charge in [0.25, 0.3) is 0 Å². The molecular formula is C20H28N4O2. The SMILES string of the molecule is C[C@H]1CCCCN1Cc1nc(-c2cccnc2OC2CCCCC2)no1. The van der Waals surface area contributed by atoms with Gasteiger partial charge in [-0.2, -0.15) is 4.98 Å². The van der Waals surface area contributed by atoms with Crippen molar-refractivity contribution >= 4 is 0 Å². The molecule has 3 heterocycles. The molecule has 6 nitrogen and oxygen atoms in total. The Morgan fingerprint density at radius 1 is 1.15 bits per heavy atom. The lowest BCUT2D eigenvalue weighted by Gasteiger charge is -2.31. The highest BCUT2D eigenvalue weighted by molar-refractivity contribution is 5.60. The zero-order valence-electron chi connectivity index (χ0n) is 15.6. The molecule has 2 fully saturated rings. The highest BCUT2D eigenvalue weighted by atomic mass is 16.5. The lowest BCUT2D eigenvalue weighted by molar-refractivity contribution is 0.135. The summed E-state index contributed by atoms with van der Waals surface area (Å²) in [5.74, 6) is 1.86. The third-order valence-corrected chi connectivity index (χ3v) is 5.59. The van der Waals surface area contributed by atoms with Crippen LogP contribution < -0.4 is 4.74 Å². The second-order valence-corrected chi connectivity index (χ2v) is 7.56. The number of nitrogens with zero attached hydrogens (tertiary/aromatic N) is 4. The van der Waals surface area contributed by atoms with Crippen molar-refractivity contribution in [2.24, 2.45) is 0 Å². The maximum absolute atomic E-state index is 6.17. The van der Waals surface area contributed by atoms with Gasteiger partial charge < -0.3 is 9.26 Å². The van der Waals surface area contributed by atoms with Crippen molar-refractivity contribution in [2.45, 2.75) is 77.0 Å². The predicted molar refractivity (Wildman–Crippen MR) is 98.8 cm³/mol. The molecule has 1 atom stereocenters. The van der Waals surface area contributed by atoms with Crippen molar-refractivity contribution in [2.75, 3.05) is 6.54 Å². The van der Waals surface area contributed by atoms with Crippen molar-refractivity contribution in [1.29, 1.82) is 0 Å². The van der Waals surface area contributed by atoms with Gasteiger partial charge in [-0.15, -0.1) is 0 Å². The van der Waals surface area contributed by atoms with Crippen LogP contribution in [0.4, 0.5) is 0 Å². The molecule has 2 aromatic heterocycles. The molecule has 0 bridgehead atoms. The summed E-state index contributed by atoms with van der Waals surface area (Å²) in [6, 6.07) is 4.43. The molecular weight excluding hydrogens is 328 g/mol. The minimum atomic E-state index is 0.248. The van der Waals surface area contributed by atoms with Gasteiger partial charge in [-0.25, -0.2) is 4.98 Å². The van der Waals surface area contributed by atoms with Gasteiger partial charge in [0.1, 0.15) is 6.10 Å². The summed E-state index contributed by atoms with van der Waals surface area (Å²) >= 11 is 0. The van der Waals surface area contributed by atoms with E-state index in [2.05, 4.69) is 26.9 Å². The zero-order valence-corrected chi connectivity index (χ0v) is 15.6. The van der Waals surface area contributed by atoms with Crippen molar-refractivity contribution in [3.8, 4) is 17.3 Å². The van der Waals surface area contributed by atoms with Crippen LogP contribution in [0.3, 0.4) is 0 Å². The first-order valence-corrected chi connectivity index (χ1v) is 9.98. The second kappa shape index (κ2) is 8.16. The molecule has 2 aromatic rings. The summed E-state index contributed by atoms with van der Waals surface area (Å²) in [4.78, 5) is 11.5. The quantitative estimate of drug-likeness (QED) is 0.799. The predicted octanol–water partition coefficient (Wildman–Crippen LogP) is 4.22. The van der Waals surface area contributed by atoms with Crippen molar-refractivity contribution in [3.63, 3.8) is 0 Å². The minimum absolute atomic E-state index is 0.248. The maximum Gasteiger partial charge on any atom is 0.241 e. The summed E-state index contributed by atoms with van der Waals surface area (Å²) in [7, 11) is 0. The molecule has 0 aromatic carbocycles. The molecule has 1 aliphatic heterocycles. The summed E-state index contributed by atoms with van der Waals surface area (Å²) in [5.41, 5.74) is 0.819. The Morgan fingerprint density at radius 2 is 2.00 bits per heavy atom. The van der Waals surface area contributed by atoms with Gasteiger partial charge in [-0.05, 0) is 64.1 Å². The van der Waals surface area contributed by atoms with E-state index in [1.165, 1.54) is 38.5 Å². The fourth-order valence-electron chi connectivity index (χ4n) is 3.99. The highest BCUT2D eigenvalue weighted by Gasteiger charge is 2.23. The van der Waals surface area contributed by atoms with Crippen LogP contribution in [-0.2, 0) is 6.54 Å². The Bertz CT molecular complexity index is 711. The zero-order chi connectivity index (χ0) is 17.8. The Hall–Kier alpha value is -1.95. The van der Waals surface area contributed by atoms with Crippen LogP contribution in [0.2, 0.25) is 0 Å². The van der Waals surface area contributed by atoms with Crippen LogP contribution in [0, 0.1) is 0 Å². The fraction of sp³-hybridized carbons (Fsp3) is 0.650. The van der Waals surface area contributed by atoms with Crippen molar-refractivity contribution < 1.29 is 9.26 Å². The first-order chi connectivity index (χ1) is 12.8. The van der Waals surface area contributed by atoms with Crippen LogP contribution in [0.5, 0.6) is 5.88 Å². The van der Waals surface area contributed by atoms with Crippen LogP contribution in [0.25, 0.3) is 11.4 Å². The fourth-order valence-corrected chi connectivity index (χ4v) is 3.99. The maximum atomic E-state index is 6.17. The Kier molecular flexibility index (Phi) is 5.48. The number of rotatable bonds is 5. The monoisotopic (exact) mass is 356 g/mol. The van der Waals surface area contributed by atoms with Gasteiger partial charge in [0.15, 0.2) is 0 Å². The summed E-state index contributed by atoms with van der Waals surface area (Å²) in [6.07, 6.45) is 11.8. The van der Waals surface area contributed by atoms with E-state index >= 15 is 0 Å². The summed E-state index contributed by atoms with van der Waals surface area (Å²) in [6.45, 7) is 4.09. The minimum Gasteiger partial charge on any atom is -0.474 e. The van der Waals surface area contributed by atoms with Crippen LogP contribution >= 0.6 is 0 Å². The molecule has 1 saturated heterocycles. The van der Waals surface area contributed by atoms with E-state index in [0.29, 0.717) is 30.2 Å². The average Bonchev–Trinajstić information content (AvgIpc) is 3.13. The second-order valence-electron chi connectivity index (χ2n) is 7.56. The first kappa shape index (κ1) is 17.5. The van der Waals surface area contributed by atoms with Gasteiger partial charge in [-0.1, -0.05) is 18.0 Å². The molecule has 2 aliphatic rings. The van der Waals surface area contributed by atoms with E-state index in [-0.39, 0.29) is 6.10 Å². The van der Waals surface area contributed by atoms with Crippen molar-refractivity contribution in [1.82, 2.24) is 20.0 Å². The molecule has 6 heteroatoms. The number of likely N-dealkylation sites (tertiary alicyclic amines) is 1. The molecule has 4 rings (SSSR count). The molecule has 26 heavy (non-hydrogen) atoms. The first-order valence-electron chi connectivity index (χ1n) is 9.98. The topological polar surface area (TPSA) is 64.3 Å². The normalized spacial score (nSPS) is 22.4. The molecule has 0 amide bonds. The van der Waals surface area contributed by atoms with E-state index < -0.39 is 0 Å². The van der Waals surface area contributed by atoms with Gasteiger partial charge >= 0.3 is 0 Å². The van der Waals surface area contributed by atoms with Gasteiger partial charge in [0.05, 0.1) is 12.1 Å². The van der Waals surface area contributed by atoms with Crippen molar-refractivity contribution in [3.05, 3.63) is 24.2 Å². The Morgan fingerprint density at radius 3 is 2.85 bits per heavy atom. The van der Waals surface area contributed by atoms with E-state index in [1.54, 1.807) is 6.20 Å². The molecule has 0 radical (unpaired) electrons. The molecule has 0 spiro atoms. The van der Waals surface area contributed by atoms with E-state index in [9.17, 15) is 0 Å². The highest BCUT2D eigenvalue weighted by Crippen LogP contribution is 2.29. The third-order valence-electron chi connectivity index (χ3n) is 5.59. The lowest BCUT2D eigenvalue weighted by Crippen LogP contribution is -2.36. The van der Waals surface area contributed by atoms with E-state index in [1.807, 2.05) is 12.1 Å². The molecule has 1 saturated carbocycles. The van der Waals surface area contributed by atoms with Gasteiger partial charge in [0.2, 0.25) is 17.6 Å². The number of ether oxygens (including phenoxy) is 1. The largest absolute Gasteiger partial charge is 0.474 e. The third kappa shape index (κ3) is 4.06. The number of aromatic nitrogens is 3. The Labute approximate surface area is 154 Å². The molecule has 0 unspecified atom stereocenters. The number of pyridine rings is 1. The summed E-state index contributed by atoms with van der Waals surface area (Å²) < 4.78 is 11.7. The summed E-state index contributed by atoms with van der Waals surface area (Å²) in [5, 5.41) is 4.20. The van der Waals surface area contributed by atoms with Gasteiger partial charge in [-0.3, -0.25) is 4.90 Å². The Balaban J connectivity index is 1.48. The van der Waals surface area contributed by atoms with E-state index in [0.717, 1.165) is 24.9 Å². The van der Waals surface area contributed by atoms with Crippen LogP contribution in [0.15, 0.2) is 22.9 Å². The lowest BCUT2D eigenvalue weighted by atomic mass is 9.98. The van der Waals surface area contributed by atoms with Crippen LogP contribution in [-0.4, -0.2) is 38.7 Å². The molecule has 140 valence electrons. The standard InChI is InChI=1S/C20H28N4O2/c1-15-8-5-6-13-24(15)14-18-22-19(23-26-18)17-11-7-12-21-20(17)25-16-9-3-2-4-10-16/h7,11-12,15-16H,2-6,8-10,13-14H2,1H3/t15-/m0/s1. The molecule has 1 aliphatic carbocycles. The molecule has 0 N–H and O–H groups in total. The number of hydrogen-bond donors (Lipinski definition) is 0. The average molecular weight is 356 g/mol. The number of hydrogen-bond acceptors (Lipinski definition) is 6. The number of piperidine rings is 1. The van der Waals surface area contributed by atoms with Crippen LogP contribution in [0.1, 0.15) is 64.2 Å². The van der Waals surface area contributed by atoms with E-state index in [4.69, 9.17) is 9.26 Å².